The Morgan fingerprint density at radius 3 is 3.00 bits per heavy atom. The molecule has 1 fully saturated rings. The van der Waals surface area contributed by atoms with Crippen LogP contribution in [-0.2, 0) is 6.42 Å². The van der Waals surface area contributed by atoms with E-state index in [2.05, 4.69) is 25.2 Å². The van der Waals surface area contributed by atoms with Crippen molar-refractivity contribution in [2.24, 2.45) is 11.8 Å². The molecule has 1 aliphatic carbocycles. The third kappa shape index (κ3) is 3.11. The molecule has 0 amide bonds. The second kappa shape index (κ2) is 5.53. The molecule has 0 saturated heterocycles. The molecule has 2 nitrogen and oxygen atoms in total. The summed E-state index contributed by atoms with van der Waals surface area (Å²) in [5, 5.41) is 3.63. The Morgan fingerprint density at radius 1 is 1.50 bits per heavy atom. The predicted octanol–water partition coefficient (Wildman–Crippen LogP) is 3.24. The minimum absolute atomic E-state index is 0.513. The van der Waals surface area contributed by atoms with Crippen molar-refractivity contribution in [2.75, 3.05) is 6.54 Å². The minimum Gasteiger partial charge on any atom is -0.469 e. The third-order valence-electron chi connectivity index (χ3n) is 3.86. The lowest BCUT2D eigenvalue weighted by Gasteiger charge is -2.19. The van der Waals surface area contributed by atoms with Gasteiger partial charge in [0, 0.05) is 12.5 Å². The van der Waals surface area contributed by atoms with E-state index in [1.807, 2.05) is 6.07 Å². The van der Waals surface area contributed by atoms with Gasteiger partial charge in [0.05, 0.1) is 6.26 Å². The number of furan rings is 1. The van der Waals surface area contributed by atoms with Crippen LogP contribution in [-0.4, -0.2) is 12.6 Å². The average Bonchev–Trinajstić information content (AvgIpc) is 2.87. The highest BCUT2D eigenvalue weighted by Crippen LogP contribution is 2.30. The number of nitrogens with one attached hydrogen (secondary N) is 1. The molecule has 1 aromatic rings. The predicted molar refractivity (Wildman–Crippen MR) is 66.4 cm³/mol. The zero-order valence-corrected chi connectivity index (χ0v) is 10.4. The molecule has 1 heterocycles. The number of rotatable bonds is 5. The number of hydrogen-bond acceptors (Lipinski definition) is 2. The van der Waals surface area contributed by atoms with Gasteiger partial charge in [-0.1, -0.05) is 19.8 Å². The SMILES string of the molecule is CC(Cc1ccco1)NCC1CCCC1C. The molecule has 3 atom stereocenters. The summed E-state index contributed by atoms with van der Waals surface area (Å²) in [6.45, 7) is 5.79. The van der Waals surface area contributed by atoms with E-state index in [0.717, 1.165) is 24.0 Å². The van der Waals surface area contributed by atoms with Gasteiger partial charge in [-0.3, -0.25) is 0 Å². The van der Waals surface area contributed by atoms with Crippen molar-refractivity contribution in [1.29, 1.82) is 0 Å². The lowest BCUT2D eigenvalue weighted by atomic mass is 9.98. The maximum Gasteiger partial charge on any atom is 0.105 e. The summed E-state index contributed by atoms with van der Waals surface area (Å²) < 4.78 is 5.36. The van der Waals surface area contributed by atoms with Crippen molar-refractivity contribution in [2.45, 2.75) is 45.6 Å². The molecule has 3 unspecified atom stereocenters. The minimum atomic E-state index is 0.513. The van der Waals surface area contributed by atoms with Gasteiger partial charge < -0.3 is 9.73 Å². The largest absolute Gasteiger partial charge is 0.469 e. The van der Waals surface area contributed by atoms with Crippen molar-refractivity contribution in [3.63, 3.8) is 0 Å². The Hall–Kier alpha value is -0.760. The molecule has 90 valence electrons. The molecule has 0 radical (unpaired) electrons. The Bertz CT molecular complexity index is 294. The standard InChI is InChI=1S/C14H23NO/c1-11-5-3-6-13(11)10-15-12(2)9-14-7-4-8-16-14/h4,7-8,11-13,15H,3,5-6,9-10H2,1-2H3. The summed E-state index contributed by atoms with van der Waals surface area (Å²) in [4.78, 5) is 0. The van der Waals surface area contributed by atoms with Crippen LogP contribution in [0.2, 0.25) is 0 Å². The molecule has 0 aliphatic heterocycles. The van der Waals surface area contributed by atoms with Gasteiger partial charge in [-0.2, -0.15) is 0 Å². The van der Waals surface area contributed by atoms with Crippen LogP contribution < -0.4 is 5.32 Å². The summed E-state index contributed by atoms with van der Waals surface area (Å²) in [7, 11) is 0. The van der Waals surface area contributed by atoms with E-state index in [4.69, 9.17) is 4.42 Å². The highest BCUT2D eigenvalue weighted by molar-refractivity contribution is 5.00. The topological polar surface area (TPSA) is 25.2 Å². The molecule has 16 heavy (non-hydrogen) atoms. The van der Waals surface area contributed by atoms with E-state index < -0.39 is 0 Å². The van der Waals surface area contributed by atoms with E-state index in [-0.39, 0.29) is 0 Å². The molecule has 0 aromatic carbocycles. The quantitative estimate of drug-likeness (QED) is 0.825. The first-order valence-electron chi connectivity index (χ1n) is 6.51. The van der Waals surface area contributed by atoms with Gasteiger partial charge in [0.2, 0.25) is 0 Å². The normalized spacial score (nSPS) is 27.1. The summed E-state index contributed by atoms with van der Waals surface area (Å²) in [6, 6.07) is 4.52. The third-order valence-corrected chi connectivity index (χ3v) is 3.86. The monoisotopic (exact) mass is 221 g/mol. The second-order valence-corrected chi connectivity index (χ2v) is 5.26. The van der Waals surface area contributed by atoms with Crippen LogP contribution in [0.5, 0.6) is 0 Å². The van der Waals surface area contributed by atoms with E-state index >= 15 is 0 Å². The summed E-state index contributed by atoms with van der Waals surface area (Å²) in [5.41, 5.74) is 0. The highest BCUT2D eigenvalue weighted by atomic mass is 16.3. The Kier molecular flexibility index (Phi) is 4.05. The van der Waals surface area contributed by atoms with Gasteiger partial charge >= 0.3 is 0 Å². The summed E-state index contributed by atoms with van der Waals surface area (Å²) in [6.07, 6.45) is 6.98. The Morgan fingerprint density at radius 2 is 2.38 bits per heavy atom. The van der Waals surface area contributed by atoms with Gasteiger partial charge in [0.1, 0.15) is 5.76 Å². The smallest absolute Gasteiger partial charge is 0.105 e. The molecule has 1 N–H and O–H groups in total. The van der Waals surface area contributed by atoms with Crippen LogP contribution in [0.25, 0.3) is 0 Å². The Labute approximate surface area is 98.4 Å². The summed E-state index contributed by atoms with van der Waals surface area (Å²) in [5.74, 6) is 2.88. The van der Waals surface area contributed by atoms with Crippen molar-refractivity contribution >= 4 is 0 Å². The Balaban J connectivity index is 1.69. The molecular formula is C14H23NO. The second-order valence-electron chi connectivity index (χ2n) is 5.26. The van der Waals surface area contributed by atoms with Crippen LogP contribution in [0.1, 0.15) is 38.9 Å². The van der Waals surface area contributed by atoms with Crippen molar-refractivity contribution in [3.8, 4) is 0 Å². The molecule has 1 aliphatic rings. The summed E-state index contributed by atoms with van der Waals surface area (Å²) >= 11 is 0. The van der Waals surface area contributed by atoms with Gasteiger partial charge in [-0.05, 0) is 43.9 Å². The first kappa shape index (κ1) is 11.7. The number of hydrogen-bond donors (Lipinski definition) is 1. The fourth-order valence-corrected chi connectivity index (χ4v) is 2.68. The van der Waals surface area contributed by atoms with Crippen LogP contribution in [0.3, 0.4) is 0 Å². The van der Waals surface area contributed by atoms with E-state index in [0.29, 0.717) is 6.04 Å². The fourth-order valence-electron chi connectivity index (χ4n) is 2.68. The van der Waals surface area contributed by atoms with Gasteiger partial charge in [-0.15, -0.1) is 0 Å². The lowest BCUT2D eigenvalue weighted by molar-refractivity contribution is 0.364. The fraction of sp³-hybridized carbons (Fsp3) is 0.714. The lowest BCUT2D eigenvalue weighted by Crippen LogP contribution is -2.33. The molecule has 2 rings (SSSR count). The van der Waals surface area contributed by atoms with Crippen LogP contribution >= 0.6 is 0 Å². The van der Waals surface area contributed by atoms with Gasteiger partial charge in [0.15, 0.2) is 0 Å². The molecular weight excluding hydrogens is 198 g/mol. The molecule has 2 heteroatoms. The average molecular weight is 221 g/mol. The molecule has 1 saturated carbocycles. The van der Waals surface area contributed by atoms with Gasteiger partial charge in [0.25, 0.3) is 0 Å². The van der Waals surface area contributed by atoms with Crippen LogP contribution in [0, 0.1) is 11.8 Å². The van der Waals surface area contributed by atoms with E-state index in [9.17, 15) is 0 Å². The van der Waals surface area contributed by atoms with Crippen molar-refractivity contribution in [1.82, 2.24) is 5.32 Å². The van der Waals surface area contributed by atoms with Crippen LogP contribution in [0.15, 0.2) is 22.8 Å². The van der Waals surface area contributed by atoms with Gasteiger partial charge in [-0.25, -0.2) is 0 Å². The van der Waals surface area contributed by atoms with Crippen LogP contribution in [0.4, 0.5) is 0 Å². The highest BCUT2D eigenvalue weighted by Gasteiger charge is 2.23. The first-order valence-corrected chi connectivity index (χ1v) is 6.51. The first-order chi connectivity index (χ1) is 7.75. The maximum atomic E-state index is 5.36. The molecule has 1 aromatic heterocycles. The maximum absolute atomic E-state index is 5.36. The van der Waals surface area contributed by atoms with E-state index in [1.54, 1.807) is 6.26 Å². The van der Waals surface area contributed by atoms with E-state index in [1.165, 1.54) is 25.8 Å². The molecule has 0 bridgehead atoms. The van der Waals surface area contributed by atoms with Crippen molar-refractivity contribution in [3.05, 3.63) is 24.2 Å². The van der Waals surface area contributed by atoms with Crippen molar-refractivity contribution < 1.29 is 4.42 Å². The zero-order valence-electron chi connectivity index (χ0n) is 10.4. The molecule has 0 spiro atoms. The zero-order chi connectivity index (χ0) is 11.4.